The molecule has 0 radical (unpaired) electrons. The van der Waals surface area contributed by atoms with Crippen molar-refractivity contribution < 1.29 is 23.5 Å². The van der Waals surface area contributed by atoms with Gasteiger partial charge in [-0.15, -0.1) is 0 Å². The third kappa shape index (κ3) is 6.90. The molecule has 5 nitrogen and oxygen atoms in total. The molecule has 0 aromatic heterocycles. The second-order valence-electron chi connectivity index (χ2n) is 6.00. The van der Waals surface area contributed by atoms with Gasteiger partial charge in [0, 0.05) is 11.6 Å². The molecule has 27 heavy (non-hydrogen) atoms. The monoisotopic (exact) mass is 393 g/mol. The third-order valence-electron chi connectivity index (χ3n) is 3.79. The van der Waals surface area contributed by atoms with Gasteiger partial charge < -0.3 is 14.8 Å². The summed E-state index contributed by atoms with van der Waals surface area (Å²) in [5.74, 6) is -0.874. The van der Waals surface area contributed by atoms with Crippen LogP contribution in [0.15, 0.2) is 42.5 Å². The van der Waals surface area contributed by atoms with Crippen LogP contribution in [-0.4, -0.2) is 31.1 Å². The predicted octanol–water partition coefficient (Wildman–Crippen LogP) is 3.46. The van der Waals surface area contributed by atoms with Crippen LogP contribution in [0.4, 0.5) is 4.39 Å². The SMILES string of the molecule is Cc1cc(OCC(=O)O[C@@H](C)C(=O)NCCc2ccc(F)cc2)ccc1Cl. The molecule has 0 aliphatic heterocycles. The summed E-state index contributed by atoms with van der Waals surface area (Å²) in [7, 11) is 0. The zero-order chi connectivity index (χ0) is 19.8. The summed E-state index contributed by atoms with van der Waals surface area (Å²) in [5, 5.41) is 3.28. The highest BCUT2D eigenvalue weighted by Gasteiger charge is 2.17. The third-order valence-corrected chi connectivity index (χ3v) is 4.21. The Balaban J connectivity index is 1.70. The number of ether oxygens (including phenoxy) is 2. The molecule has 1 atom stereocenters. The second kappa shape index (κ2) is 9.92. The maximum Gasteiger partial charge on any atom is 0.344 e. The van der Waals surface area contributed by atoms with Gasteiger partial charge in [0.1, 0.15) is 11.6 Å². The molecule has 0 saturated carbocycles. The highest BCUT2D eigenvalue weighted by Crippen LogP contribution is 2.20. The molecule has 1 amide bonds. The quantitative estimate of drug-likeness (QED) is 0.697. The molecule has 0 saturated heterocycles. The van der Waals surface area contributed by atoms with E-state index in [1.165, 1.54) is 19.1 Å². The average Bonchev–Trinajstić information content (AvgIpc) is 2.64. The molecule has 0 spiro atoms. The Labute approximate surface area is 162 Å². The Bertz CT molecular complexity index is 795. The van der Waals surface area contributed by atoms with Crippen molar-refractivity contribution in [3.8, 4) is 5.75 Å². The largest absolute Gasteiger partial charge is 0.482 e. The van der Waals surface area contributed by atoms with Crippen molar-refractivity contribution in [2.45, 2.75) is 26.4 Å². The summed E-state index contributed by atoms with van der Waals surface area (Å²) >= 11 is 5.93. The fraction of sp³-hybridized carbons (Fsp3) is 0.300. The molecule has 0 heterocycles. The van der Waals surface area contributed by atoms with E-state index in [1.54, 1.807) is 30.3 Å². The van der Waals surface area contributed by atoms with Gasteiger partial charge in [0.2, 0.25) is 0 Å². The molecule has 1 N–H and O–H groups in total. The fourth-order valence-electron chi connectivity index (χ4n) is 2.26. The lowest BCUT2D eigenvalue weighted by Gasteiger charge is -2.14. The van der Waals surface area contributed by atoms with Crippen LogP contribution in [-0.2, 0) is 20.7 Å². The van der Waals surface area contributed by atoms with Crippen molar-refractivity contribution in [3.63, 3.8) is 0 Å². The lowest BCUT2D eigenvalue weighted by atomic mass is 10.1. The van der Waals surface area contributed by atoms with Gasteiger partial charge in [-0.25, -0.2) is 9.18 Å². The number of nitrogens with one attached hydrogen (secondary N) is 1. The first-order valence-electron chi connectivity index (χ1n) is 8.45. The number of rotatable bonds is 8. The number of carbonyl (C=O) groups is 2. The van der Waals surface area contributed by atoms with E-state index in [0.29, 0.717) is 23.7 Å². The number of carbonyl (C=O) groups excluding carboxylic acids is 2. The van der Waals surface area contributed by atoms with Crippen molar-refractivity contribution in [1.29, 1.82) is 0 Å². The van der Waals surface area contributed by atoms with Gasteiger partial charge in [0.15, 0.2) is 12.7 Å². The maximum absolute atomic E-state index is 12.8. The van der Waals surface area contributed by atoms with E-state index in [4.69, 9.17) is 21.1 Å². The van der Waals surface area contributed by atoms with Gasteiger partial charge in [-0.3, -0.25) is 4.79 Å². The first-order valence-corrected chi connectivity index (χ1v) is 8.83. The van der Waals surface area contributed by atoms with E-state index in [0.717, 1.165) is 11.1 Å². The summed E-state index contributed by atoms with van der Waals surface area (Å²) in [6.07, 6.45) is -0.396. The van der Waals surface area contributed by atoms with Gasteiger partial charge in [-0.1, -0.05) is 23.7 Å². The molecule has 0 unspecified atom stereocenters. The molecular formula is C20H21ClFNO4. The summed E-state index contributed by atoms with van der Waals surface area (Å²) in [5.41, 5.74) is 1.73. The van der Waals surface area contributed by atoms with Crippen LogP contribution < -0.4 is 10.1 Å². The standard InChI is InChI=1S/C20H21ClFNO4/c1-13-11-17(7-8-18(13)21)26-12-19(24)27-14(2)20(25)23-10-9-15-3-5-16(22)6-4-15/h3-8,11,14H,9-10,12H2,1-2H3,(H,23,25)/t14-/m0/s1. The lowest BCUT2D eigenvalue weighted by Crippen LogP contribution is -2.37. The Morgan fingerprint density at radius 1 is 1.19 bits per heavy atom. The van der Waals surface area contributed by atoms with Crippen LogP contribution in [0.3, 0.4) is 0 Å². The topological polar surface area (TPSA) is 64.6 Å². The Hall–Kier alpha value is -2.60. The minimum Gasteiger partial charge on any atom is -0.482 e. The van der Waals surface area contributed by atoms with Gasteiger partial charge >= 0.3 is 5.97 Å². The molecule has 0 aliphatic carbocycles. The van der Waals surface area contributed by atoms with Crippen LogP contribution in [0.5, 0.6) is 5.75 Å². The number of amides is 1. The fourth-order valence-corrected chi connectivity index (χ4v) is 2.38. The Kier molecular flexibility index (Phi) is 7.61. The molecule has 2 aromatic carbocycles. The number of hydrogen-bond donors (Lipinski definition) is 1. The highest BCUT2D eigenvalue weighted by molar-refractivity contribution is 6.31. The zero-order valence-corrected chi connectivity index (χ0v) is 15.9. The second-order valence-corrected chi connectivity index (χ2v) is 6.41. The number of esters is 1. The summed E-state index contributed by atoms with van der Waals surface area (Å²) in [6, 6.07) is 11.1. The summed E-state index contributed by atoms with van der Waals surface area (Å²) in [6.45, 7) is 3.35. The first kappa shape index (κ1) is 20.7. The first-order chi connectivity index (χ1) is 12.8. The van der Waals surface area contributed by atoms with Gasteiger partial charge in [-0.2, -0.15) is 0 Å². The minimum atomic E-state index is -0.943. The number of aryl methyl sites for hydroxylation is 1. The van der Waals surface area contributed by atoms with E-state index < -0.39 is 18.0 Å². The van der Waals surface area contributed by atoms with E-state index >= 15 is 0 Å². The number of halogens is 2. The summed E-state index contributed by atoms with van der Waals surface area (Å²) < 4.78 is 23.2. The highest BCUT2D eigenvalue weighted by atomic mass is 35.5. The van der Waals surface area contributed by atoms with Gasteiger partial charge in [0.05, 0.1) is 0 Å². The van der Waals surface area contributed by atoms with Crippen LogP contribution in [0.1, 0.15) is 18.1 Å². The van der Waals surface area contributed by atoms with Crippen molar-refractivity contribution in [2.24, 2.45) is 0 Å². The zero-order valence-electron chi connectivity index (χ0n) is 15.1. The molecule has 0 aliphatic rings. The van der Waals surface area contributed by atoms with Crippen molar-refractivity contribution >= 4 is 23.5 Å². The molecule has 2 aromatic rings. The average molecular weight is 394 g/mol. The molecule has 144 valence electrons. The van der Waals surface area contributed by atoms with Gasteiger partial charge in [-0.05, 0) is 61.7 Å². The molecule has 2 rings (SSSR count). The number of benzene rings is 2. The Morgan fingerprint density at radius 3 is 2.56 bits per heavy atom. The minimum absolute atomic E-state index is 0.306. The van der Waals surface area contributed by atoms with Crippen molar-refractivity contribution in [3.05, 3.63) is 64.4 Å². The summed E-state index contributed by atoms with van der Waals surface area (Å²) in [4.78, 5) is 23.8. The van der Waals surface area contributed by atoms with Gasteiger partial charge in [0.25, 0.3) is 5.91 Å². The van der Waals surface area contributed by atoms with E-state index in [-0.39, 0.29) is 12.4 Å². The van der Waals surface area contributed by atoms with Crippen LogP contribution in [0, 0.1) is 12.7 Å². The smallest absolute Gasteiger partial charge is 0.344 e. The Morgan fingerprint density at radius 2 is 1.89 bits per heavy atom. The van der Waals surface area contributed by atoms with E-state index in [2.05, 4.69) is 5.32 Å². The molecule has 0 bridgehead atoms. The molecular weight excluding hydrogens is 373 g/mol. The van der Waals surface area contributed by atoms with Crippen molar-refractivity contribution in [1.82, 2.24) is 5.32 Å². The van der Waals surface area contributed by atoms with E-state index in [1.807, 2.05) is 6.92 Å². The molecule has 7 heteroatoms. The van der Waals surface area contributed by atoms with Crippen LogP contribution >= 0.6 is 11.6 Å². The van der Waals surface area contributed by atoms with Crippen molar-refractivity contribution in [2.75, 3.05) is 13.2 Å². The number of hydrogen-bond acceptors (Lipinski definition) is 4. The van der Waals surface area contributed by atoms with Crippen LogP contribution in [0.2, 0.25) is 5.02 Å². The predicted molar refractivity (Wildman–Crippen MR) is 100 cm³/mol. The normalized spacial score (nSPS) is 11.6. The molecule has 0 fully saturated rings. The maximum atomic E-state index is 12.8. The lowest BCUT2D eigenvalue weighted by molar-refractivity contribution is -0.156. The van der Waals surface area contributed by atoms with Crippen LogP contribution in [0.25, 0.3) is 0 Å². The van der Waals surface area contributed by atoms with E-state index in [9.17, 15) is 14.0 Å².